The zero-order valence-corrected chi connectivity index (χ0v) is 17.4. The number of rotatable bonds is 5. The number of H-pyrrole nitrogens is 1. The van der Waals surface area contributed by atoms with Crippen LogP contribution in [-0.4, -0.2) is 55.7 Å². The summed E-state index contributed by atoms with van der Waals surface area (Å²) < 4.78 is 82.7. The highest BCUT2D eigenvalue weighted by Gasteiger charge is 2.39. The first kappa shape index (κ1) is 26.4. The molecule has 0 saturated carbocycles. The predicted octanol–water partition coefficient (Wildman–Crippen LogP) is 2.04. The predicted molar refractivity (Wildman–Crippen MR) is 102 cm³/mol. The van der Waals surface area contributed by atoms with Crippen LogP contribution >= 0.6 is 0 Å². The average Bonchev–Trinajstić information content (AvgIpc) is 3.20. The van der Waals surface area contributed by atoms with E-state index >= 15 is 0 Å². The molecule has 0 aliphatic carbocycles. The standard InChI is InChI=1S/C16H17F6N5O4.CH4O/c1-7(28)23-13-24-11-10(12(29)25-13)26(5-4-15(17,18)19)14(30)27(11)9-3-2-8(31-9)6-16(20,21)22;1-2/h8-9H,2-6H2,1H3,(H2,23,24,25,28,29);2H,1H3. The highest BCUT2D eigenvalue weighted by Crippen LogP contribution is 2.35. The van der Waals surface area contributed by atoms with Gasteiger partial charge in [0, 0.05) is 20.6 Å². The molecule has 0 spiro atoms. The molecule has 10 nitrogen and oxygen atoms in total. The highest BCUT2D eigenvalue weighted by atomic mass is 19.4. The maximum absolute atomic E-state index is 12.8. The summed E-state index contributed by atoms with van der Waals surface area (Å²) in [4.78, 5) is 42.6. The van der Waals surface area contributed by atoms with Gasteiger partial charge in [0.25, 0.3) is 5.56 Å². The third-order valence-electron chi connectivity index (χ3n) is 4.56. The molecule has 2 aromatic heterocycles. The number of ether oxygens (including phenoxy) is 1. The van der Waals surface area contributed by atoms with Gasteiger partial charge in [-0.1, -0.05) is 0 Å². The molecule has 2 atom stereocenters. The second kappa shape index (κ2) is 9.94. The molecule has 33 heavy (non-hydrogen) atoms. The van der Waals surface area contributed by atoms with Gasteiger partial charge >= 0.3 is 18.0 Å². The van der Waals surface area contributed by atoms with Gasteiger partial charge in [-0.25, -0.2) is 9.36 Å². The van der Waals surface area contributed by atoms with Crippen molar-refractivity contribution in [2.45, 2.75) is 63.8 Å². The number of aliphatic hydroxyl groups is 1. The number of halogens is 6. The average molecular weight is 489 g/mol. The van der Waals surface area contributed by atoms with Crippen LogP contribution in [0, 0.1) is 0 Å². The molecule has 0 aromatic carbocycles. The monoisotopic (exact) mass is 489 g/mol. The summed E-state index contributed by atoms with van der Waals surface area (Å²) in [6, 6.07) is 0. The second-order valence-corrected chi connectivity index (χ2v) is 7.05. The number of anilines is 1. The van der Waals surface area contributed by atoms with E-state index in [0.29, 0.717) is 4.57 Å². The van der Waals surface area contributed by atoms with E-state index in [2.05, 4.69) is 15.3 Å². The van der Waals surface area contributed by atoms with Crippen LogP contribution in [0.3, 0.4) is 0 Å². The summed E-state index contributed by atoms with van der Waals surface area (Å²) in [5, 5.41) is 9.18. The minimum Gasteiger partial charge on any atom is -0.400 e. The van der Waals surface area contributed by atoms with Gasteiger partial charge in [-0.3, -0.25) is 24.5 Å². The van der Waals surface area contributed by atoms with Crippen molar-refractivity contribution in [2.24, 2.45) is 0 Å². The lowest BCUT2D eigenvalue weighted by Crippen LogP contribution is -2.30. The Kier molecular flexibility index (Phi) is 7.95. The highest BCUT2D eigenvalue weighted by molar-refractivity contribution is 5.87. The van der Waals surface area contributed by atoms with Crippen LogP contribution in [0.25, 0.3) is 11.2 Å². The van der Waals surface area contributed by atoms with Gasteiger partial charge in [0.05, 0.1) is 18.9 Å². The maximum Gasteiger partial charge on any atom is 0.391 e. The van der Waals surface area contributed by atoms with Crippen LogP contribution in [-0.2, 0) is 16.1 Å². The van der Waals surface area contributed by atoms with Gasteiger partial charge in [0.15, 0.2) is 11.2 Å². The minimum absolute atomic E-state index is 0.0526. The molecule has 3 heterocycles. The SMILES string of the molecule is CC(=O)Nc1nc2c(c(=O)[nH]1)n(CCC(F)(F)F)c(=O)n2C1CCC(CC(F)(F)F)O1.CO. The Hall–Kier alpha value is -2.88. The topological polar surface area (TPSA) is 131 Å². The van der Waals surface area contributed by atoms with Crippen LogP contribution in [0.2, 0.25) is 0 Å². The normalized spacial score (nSPS) is 18.8. The second-order valence-electron chi connectivity index (χ2n) is 7.05. The third kappa shape index (κ3) is 6.56. The molecule has 0 radical (unpaired) electrons. The Morgan fingerprint density at radius 2 is 1.82 bits per heavy atom. The number of alkyl halides is 6. The number of aromatic amines is 1. The first-order valence-corrected chi connectivity index (χ1v) is 9.51. The molecule has 1 aliphatic heterocycles. The summed E-state index contributed by atoms with van der Waals surface area (Å²) in [6.07, 6.45) is -14.5. The molecule has 3 rings (SSSR count). The van der Waals surface area contributed by atoms with E-state index in [1.807, 2.05) is 0 Å². The summed E-state index contributed by atoms with van der Waals surface area (Å²) in [6.45, 7) is 0.197. The van der Waals surface area contributed by atoms with E-state index in [1.165, 1.54) is 0 Å². The number of fused-ring (bicyclic) bond motifs is 1. The first-order chi connectivity index (χ1) is 15.2. The Balaban J connectivity index is 0.00000187. The summed E-state index contributed by atoms with van der Waals surface area (Å²) in [5.41, 5.74) is -3.00. The van der Waals surface area contributed by atoms with Gasteiger partial charge in [-0.05, 0) is 12.8 Å². The van der Waals surface area contributed by atoms with Gasteiger partial charge in [0.2, 0.25) is 11.9 Å². The molecule has 3 N–H and O–H groups in total. The summed E-state index contributed by atoms with van der Waals surface area (Å²) >= 11 is 0. The fraction of sp³-hybridized carbons (Fsp3) is 0.647. The van der Waals surface area contributed by atoms with Gasteiger partial charge < -0.3 is 9.84 Å². The number of hydrogen-bond acceptors (Lipinski definition) is 6. The molecular formula is C17H21F6N5O5. The van der Waals surface area contributed by atoms with E-state index in [9.17, 15) is 40.7 Å². The molecule has 1 aliphatic rings. The van der Waals surface area contributed by atoms with E-state index in [1.54, 1.807) is 0 Å². The quantitative estimate of drug-likeness (QED) is 0.551. The van der Waals surface area contributed by atoms with Crippen molar-refractivity contribution in [2.75, 3.05) is 12.4 Å². The zero-order valence-electron chi connectivity index (χ0n) is 17.4. The van der Waals surface area contributed by atoms with E-state index in [4.69, 9.17) is 9.84 Å². The number of aliphatic hydroxyl groups excluding tert-OH is 1. The number of carbonyl (C=O) groups excluding carboxylic acids is 1. The number of aromatic nitrogens is 4. The fourth-order valence-corrected chi connectivity index (χ4v) is 3.40. The van der Waals surface area contributed by atoms with Gasteiger partial charge in [-0.2, -0.15) is 31.3 Å². The molecule has 1 amide bonds. The third-order valence-corrected chi connectivity index (χ3v) is 4.56. The number of carbonyl (C=O) groups is 1. The Bertz CT molecular complexity index is 1100. The summed E-state index contributed by atoms with van der Waals surface area (Å²) in [7, 11) is 1.00. The van der Waals surface area contributed by atoms with E-state index < -0.39 is 72.4 Å². The number of nitrogens with zero attached hydrogens (tertiary/aromatic N) is 3. The Morgan fingerprint density at radius 3 is 2.36 bits per heavy atom. The smallest absolute Gasteiger partial charge is 0.391 e. The van der Waals surface area contributed by atoms with Crippen molar-refractivity contribution in [3.05, 3.63) is 20.8 Å². The van der Waals surface area contributed by atoms with Crippen molar-refractivity contribution in [3.8, 4) is 0 Å². The molecule has 1 fully saturated rings. The molecule has 0 bridgehead atoms. The molecule has 16 heteroatoms. The van der Waals surface area contributed by atoms with Crippen LogP contribution in [0.5, 0.6) is 0 Å². The number of amides is 1. The number of imidazole rings is 1. The molecule has 2 aromatic rings. The van der Waals surface area contributed by atoms with Crippen molar-refractivity contribution in [3.63, 3.8) is 0 Å². The number of hydrogen-bond donors (Lipinski definition) is 3. The van der Waals surface area contributed by atoms with Crippen LogP contribution in [0.15, 0.2) is 9.59 Å². The Morgan fingerprint density at radius 1 is 1.18 bits per heavy atom. The lowest BCUT2D eigenvalue weighted by Gasteiger charge is -2.16. The zero-order chi connectivity index (χ0) is 25.1. The minimum atomic E-state index is -4.63. The fourth-order valence-electron chi connectivity index (χ4n) is 3.40. The van der Waals surface area contributed by atoms with E-state index in [-0.39, 0.29) is 18.8 Å². The van der Waals surface area contributed by atoms with Crippen molar-refractivity contribution < 1.29 is 41.0 Å². The molecule has 2 unspecified atom stereocenters. The largest absolute Gasteiger partial charge is 0.400 e. The van der Waals surface area contributed by atoms with Crippen molar-refractivity contribution in [1.82, 2.24) is 19.1 Å². The number of nitrogens with one attached hydrogen (secondary N) is 2. The van der Waals surface area contributed by atoms with Crippen LogP contribution in [0.1, 0.15) is 38.8 Å². The van der Waals surface area contributed by atoms with Crippen LogP contribution < -0.4 is 16.6 Å². The first-order valence-electron chi connectivity index (χ1n) is 9.51. The molecule has 186 valence electrons. The maximum atomic E-state index is 12.8. The Labute approximate surface area is 181 Å². The molecular weight excluding hydrogens is 468 g/mol. The van der Waals surface area contributed by atoms with E-state index in [0.717, 1.165) is 18.6 Å². The van der Waals surface area contributed by atoms with Gasteiger partial charge in [-0.15, -0.1) is 0 Å². The lowest BCUT2D eigenvalue weighted by atomic mass is 10.2. The number of aryl methyl sites for hydroxylation is 1. The van der Waals surface area contributed by atoms with Crippen molar-refractivity contribution >= 4 is 23.0 Å². The van der Waals surface area contributed by atoms with Crippen LogP contribution in [0.4, 0.5) is 32.3 Å². The molecule has 1 saturated heterocycles. The van der Waals surface area contributed by atoms with Crippen molar-refractivity contribution in [1.29, 1.82) is 0 Å². The van der Waals surface area contributed by atoms with Gasteiger partial charge in [0.1, 0.15) is 6.23 Å². The summed E-state index contributed by atoms with van der Waals surface area (Å²) in [5.74, 6) is -1.01. The lowest BCUT2D eigenvalue weighted by molar-refractivity contribution is -0.162.